The maximum Gasteiger partial charge on any atom is 0.0485 e. The Bertz CT molecular complexity index is 382. The second-order valence-electron chi connectivity index (χ2n) is 2.73. The highest BCUT2D eigenvalue weighted by Gasteiger charge is 1.99. The third kappa shape index (κ3) is 2.05. The first-order chi connectivity index (χ1) is 6.79. The molecular weight excluding hydrogens is 194 g/mol. The number of rotatable bonds is 0. The van der Waals surface area contributed by atoms with E-state index < -0.39 is 0 Å². The fourth-order valence-electron chi connectivity index (χ4n) is 1.32. The number of benzene rings is 1. The smallest absolute Gasteiger partial charge is 0.0485 e. The molecule has 0 unspecified atom stereocenters. The van der Waals surface area contributed by atoms with Gasteiger partial charge in [0.05, 0.1) is 0 Å². The van der Waals surface area contributed by atoms with E-state index in [0.717, 1.165) is 21.5 Å². The van der Waals surface area contributed by atoms with E-state index in [1.165, 1.54) is 0 Å². The number of aryl methyl sites for hydroxylation is 1. The Balaban J connectivity index is 0.000000461. The summed E-state index contributed by atoms with van der Waals surface area (Å²) in [7, 11) is 0. The van der Waals surface area contributed by atoms with Crippen LogP contribution in [0.5, 0.6) is 0 Å². The first-order valence-corrected chi connectivity index (χ1v) is 5.16. The van der Waals surface area contributed by atoms with Crippen LogP contribution in [-0.4, -0.2) is 4.98 Å². The average molecular weight is 208 g/mol. The molecule has 0 aliphatic rings. The normalized spacial score (nSPS) is 9.43. The van der Waals surface area contributed by atoms with E-state index in [9.17, 15) is 0 Å². The van der Waals surface area contributed by atoms with Crippen LogP contribution in [0.15, 0.2) is 30.5 Å². The monoisotopic (exact) mass is 207 g/mol. The van der Waals surface area contributed by atoms with Crippen LogP contribution in [0.2, 0.25) is 5.02 Å². The third-order valence-corrected chi connectivity index (χ3v) is 2.28. The summed E-state index contributed by atoms with van der Waals surface area (Å²) in [6, 6.07) is 7.80. The highest BCUT2D eigenvalue weighted by atomic mass is 35.5. The molecule has 1 aromatic heterocycles. The summed E-state index contributed by atoms with van der Waals surface area (Å²) in [5.41, 5.74) is 1.02. The lowest BCUT2D eigenvalue weighted by molar-refractivity contribution is 1.24. The van der Waals surface area contributed by atoms with Gasteiger partial charge in [-0.1, -0.05) is 37.6 Å². The van der Waals surface area contributed by atoms with Gasteiger partial charge in [-0.25, -0.2) is 0 Å². The fourth-order valence-corrected chi connectivity index (χ4v) is 1.55. The van der Waals surface area contributed by atoms with Crippen molar-refractivity contribution in [3.8, 4) is 0 Å². The van der Waals surface area contributed by atoms with Crippen molar-refractivity contribution in [1.82, 2.24) is 4.98 Å². The number of nitrogens with zero attached hydrogens (tertiary/aromatic N) is 1. The molecule has 1 nitrogen and oxygen atoms in total. The van der Waals surface area contributed by atoms with Crippen LogP contribution in [0.1, 0.15) is 19.5 Å². The number of hydrogen-bond acceptors (Lipinski definition) is 1. The number of halogens is 1. The largest absolute Gasteiger partial charge is 0.261 e. The Labute approximate surface area is 89.7 Å². The van der Waals surface area contributed by atoms with Crippen molar-refractivity contribution >= 4 is 22.4 Å². The Morgan fingerprint density at radius 2 is 1.79 bits per heavy atom. The predicted molar refractivity (Wildman–Crippen MR) is 62.8 cm³/mol. The van der Waals surface area contributed by atoms with Gasteiger partial charge in [0.2, 0.25) is 0 Å². The van der Waals surface area contributed by atoms with Crippen LogP contribution >= 0.6 is 11.6 Å². The summed E-state index contributed by atoms with van der Waals surface area (Å²) in [6.45, 7) is 5.98. The lowest BCUT2D eigenvalue weighted by Gasteiger charge is -2.01. The molecule has 0 radical (unpaired) electrons. The van der Waals surface area contributed by atoms with E-state index in [4.69, 9.17) is 11.6 Å². The van der Waals surface area contributed by atoms with E-state index in [-0.39, 0.29) is 0 Å². The molecule has 1 aromatic carbocycles. The average Bonchev–Trinajstić information content (AvgIpc) is 2.23. The summed E-state index contributed by atoms with van der Waals surface area (Å²) in [6.07, 6.45) is 1.78. The Kier molecular flexibility index (Phi) is 3.90. The SMILES string of the molecule is CC.Cc1nccc2c(Cl)cccc12. The van der Waals surface area contributed by atoms with Crippen molar-refractivity contribution in [3.63, 3.8) is 0 Å². The van der Waals surface area contributed by atoms with Gasteiger partial charge in [-0.15, -0.1) is 0 Å². The molecular formula is C12H14ClN. The van der Waals surface area contributed by atoms with Crippen molar-refractivity contribution in [1.29, 1.82) is 0 Å². The Hall–Kier alpha value is -1.08. The fraction of sp³-hybridized carbons (Fsp3) is 0.250. The van der Waals surface area contributed by atoms with E-state index in [2.05, 4.69) is 4.98 Å². The van der Waals surface area contributed by atoms with Crippen molar-refractivity contribution < 1.29 is 0 Å². The predicted octanol–water partition coefficient (Wildman–Crippen LogP) is 4.22. The van der Waals surface area contributed by atoms with Crippen molar-refractivity contribution in [2.45, 2.75) is 20.8 Å². The zero-order chi connectivity index (χ0) is 10.6. The number of aromatic nitrogens is 1. The zero-order valence-electron chi connectivity index (χ0n) is 8.71. The highest BCUT2D eigenvalue weighted by Crippen LogP contribution is 2.23. The van der Waals surface area contributed by atoms with Gasteiger partial charge in [-0.05, 0) is 19.1 Å². The molecule has 14 heavy (non-hydrogen) atoms. The molecule has 0 N–H and O–H groups in total. The van der Waals surface area contributed by atoms with Crippen LogP contribution in [0, 0.1) is 6.92 Å². The molecule has 74 valence electrons. The first kappa shape index (κ1) is 11.0. The summed E-state index contributed by atoms with van der Waals surface area (Å²) in [4.78, 5) is 4.19. The molecule has 2 aromatic rings. The summed E-state index contributed by atoms with van der Waals surface area (Å²) < 4.78 is 0. The number of fused-ring (bicyclic) bond motifs is 1. The Morgan fingerprint density at radius 1 is 1.07 bits per heavy atom. The van der Waals surface area contributed by atoms with Gasteiger partial charge in [-0.3, -0.25) is 4.98 Å². The molecule has 0 saturated carbocycles. The quantitative estimate of drug-likeness (QED) is 0.630. The van der Waals surface area contributed by atoms with E-state index in [0.29, 0.717) is 0 Å². The molecule has 0 saturated heterocycles. The second kappa shape index (κ2) is 4.97. The molecule has 0 aliphatic heterocycles. The maximum absolute atomic E-state index is 6.00. The summed E-state index contributed by atoms with van der Waals surface area (Å²) in [5.74, 6) is 0. The first-order valence-electron chi connectivity index (χ1n) is 4.79. The van der Waals surface area contributed by atoms with E-state index >= 15 is 0 Å². The molecule has 0 fully saturated rings. The van der Waals surface area contributed by atoms with Crippen molar-refractivity contribution in [3.05, 3.63) is 41.2 Å². The molecule has 1 heterocycles. The lowest BCUT2D eigenvalue weighted by atomic mass is 10.1. The minimum atomic E-state index is 0.790. The highest BCUT2D eigenvalue weighted by molar-refractivity contribution is 6.35. The van der Waals surface area contributed by atoms with E-state index in [1.807, 2.05) is 45.0 Å². The Morgan fingerprint density at radius 3 is 2.43 bits per heavy atom. The van der Waals surface area contributed by atoms with Crippen LogP contribution in [-0.2, 0) is 0 Å². The molecule has 0 aliphatic carbocycles. The summed E-state index contributed by atoms with van der Waals surface area (Å²) in [5, 5.41) is 3.00. The molecule has 0 bridgehead atoms. The standard InChI is InChI=1S/C10H8ClN.C2H6/c1-7-8-3-2-4-10(11)9(8)5-6-12-7;1-2/h2-6H,1H3;1-2H3. The second-order valence-corrected chi connectivity index (χ2v) is 3.14. The van der Waals surface area contributed by atoms with Crippen molar-refractivity contribution in [2.24, 2.45) is 0 Å². The van der Waals surface area contributed by atoms with Gasteiger partial charge in [0, 0.05) is 27.7 Å². The van der Waals surface area contributed by atoms with Crippen LogP contribution in [0.4, 0.5) is 0 Å². The summed E-state index contributed by atoms with van der Waals surface area (Å²) >= 11 is 6.00. The molecule has 0 atom stereocenters. The molecule has 0 amide bonds. The van der Waals surface area contributed by atoms with Gasteiger partial charge in [0.15, 0.2) is 0 Å². The van der Waals surface area contributed by atoms with Crippen molar-refractivity contribution in [2.75, 3.05) is 0 Å². The van der Waals surface area contributed by atoms with Gasteiger partial charge in [-0.2, -0.15) is 0 Å². The zero-order valence-corrected chi connectivity index (χ0v) is 9.47. The van der Waals surface area contributed by atoms with Gasteiger partial charge in [0.25, 0.3) is 0 Å². The lowest BCUT2D eigenvalue weighted by Crippen LogP contribution is -1.82. The maximum atomic E-state index is 6.00. The topological polar surface area (TPSA) is 12.9 Å². The number of hydrogen-bond donors (Lipinski definition) is 0. The van der Waals surface area contributed by atoms with Gasteiger partial charge >= 0.3 is 0 Å². The van der Waals surface area contributed by atoms with E-state index in [1.54, 1.807) is 6.20 Å². The number of pyridine rings is 1. The van der Waals surface area contributed by atoms with Crippen LogP contribution in [0.3, 0.4) is 0 Å². The van der Waals surface area contributed by atoms with Crippen LogP contribution in [0.25, 0.3) is 10.8 Å². The van der Waals surface area contributed by atoms with Crippen LogP contribution < -0.4 is 0 Å². The van der Waals surface area contributed by atoms with Gasteiger partial charge < -0.3 is 0 Å². The third-order valence-electron chi connectivity index (χ3n) is 1.95. The molecule has 2 heteroatoms. The minimum absolute atomic E-state index is 0.790. The molecule has 2 rings (SSSR count). The van der Waals surface area contributed by atoms with Gasteiger partial charge in [0.1, 0.15) is 0 Å². The minimum Gasteiger partial charge on any atom is -0.261 e. The molecule has 0 spiro atoms.